The molecule has 0 amide bonds. The van der Waals surface area contributed by atoms with E-state index >= 15 is 0 Å². The molecule has 1 aliphatic rings. The zero-order valence-electron chi connectivity index (χ0n) is 9.82. The first-order chi connectivity index (χ1) is 8.38. The third-order valence-corrected chi connectivity index (χ3v) is 4.03. The van der Waals surface area contributed by atoms with Crippen molar-refractivity contribution in [2.75, 3.05) is 13.7 Å². The van der Waals surface area contributed by atoms with Gasteiger partial charge in [0.15, 0.2) is 0 Å². The Balaban J connectivity index is 2.00. The quantitative estimate of drug-likeness (QED) is 0.897. The summed E-state index contributed by atoms with van der Waals surface area (Å²) in [5.74, 6) is 1.09. The summed E-state index contributed by atoms with van der Waals surface area (Å²) in [4.78, 5) is 1.30. The molecular weight excluding hydrogens is 230 g/mol. The first-order valence-corrected chi connectivity index (χ1v) is 6.73. The van der Waals surface area contributed by atoms with Crippen LogP contribution in [-0.2, 0) is 13.0 Å². The number of hydrogen-bond donors (Lipinski definition) is 1. The van der Waals surface area contributed by atoms with Crippen LogP contribution >= 0.6 is 11.3 Å². The molecule has 2 heterocycles. The van der Waals surface area contributed by atoms with Crippen molar-refractivity contribution in [3.05, 3.63) is 40.8 Å². The van der Waals surface area contributed by atoms with E-state index in [1.54, 1.807) is 11.3 Å². The number of thiophene rings is 1. The molecular formula is C14H15NOS. The van der Waals surface area contributed by atoms with Crippen molar-refractivity contribution < 1.29 is 4.74 Å². The fourth-order valence-electron chi connectivity index (χ4n) is 2.22. The average molecular weight is 245 g/mol. The molecule has 0 saturated carbocycles. The van der Waals surface area contributed by atoms with Gasteiger partial charge in [0.25, 0.3) is 0 Å². The third-order valence-electron chi connectivity index (χ3n) is 3.01. The topological polar surface area (TPSA) is 21.3 Å². The zero-order valence-corrected chi connectivity index (χ0v) is 10.6. The molecule has 0 aliphatic carbocycles. The van der Waals surface area contributed by atoms with Crippen molar-refractivity contribution in [2.24, 2.45) is 0 Å². The van der Waals surface area contributed by atoms with Gasteiger partial charge in [-0.05, 0) is 35.7 Å². The Bertz CT molecular complexity index is 533. The summed E-state index contributed by atoms with van der Waals surface area (Å²) in [6.07, 6.45) is 1.04. The van der Waals surface area contributed by atoms with Crippen molar-refractivity contribution >= 4 is 11.3 Å². The fraction of sp³-hybridized carbons (Fsp3) is 0.286. The van der Waals surface area contributed by atoms with E-state index in [2.05, 4.69) is 35.0 Å². The van der Waals surface area contributed by atoms with Crippen molar-refractivity contribution in [2.45, 2.75) is 13.0 Å². The van der Waals surface area contributed by atoms with Crippen LogP contribution in [0.4, 0.5) is 0 Å². The van der Waals surface area contributed by atoms with Crippen molar-refractivity contribution in [1.82, 2.24) is 5.32 Å². The van der Waals surface area contributed by atoms with Gasteiger partial charge in [0, 0.05) is 23.4 Å². The number of para-hydroxylation sites is 1. The second-order valence-electron chi connectivity index (χ2n) is 4.24. The van der Waals surface area contributed by atoms with Gasteiger partial charge in [0.2, 0.25) is 0 Å². The molecule has 0 saturated heterocycles. The maximum absolute atomic E-state index is 5.74. The molecule has 0 fully saturated rings. The van der Waals surface area contributed by atoms with Crippen LogP contribution in [0.5, 0.6) is 5.75 Å². The molecule has 0 atom stereocenters. The van der Waals surface area contributed by atoms with Gasteiger partial charge >= 0.3 is 0 Å². The highest BCUT2D eigenvalue weighted by molar-refractivity contribution is 7.13. The minimum atomic E-state index is 0.821. The summed E-state index contributed by atoms with van der Waals surface area (Å²) in [6.45, 7) is 1.74. The smallest absolute Gasteiger partial charge is 0.131 e. The van der Waals surface area contributed by atoms with Crippen LogP contribution in [0.25, 0.3) is 10.4 Å². The minimum absolute atomic E-state index is 0.821. The largest absolute Gasteiger partial charge is 0.492 e. The minimum Gasteiger partial charge on any atom is -0.492 e. The molecule has 88 valence electrons. The maximum Gasteiger partial charge on any atom is 0.131 e. The lowest BCUT2D eigenvalue weighted by Crippen LogP contribution is -2.03. The molecule has 17 heavy (non-hydrogen) atoms. The summed E-state index contributed by atoms with van der Waals surface area (Å²) in [7, 11) is 1.97. The standard InChI is InChI=1S/C14H15NOS/c1-15-8-10-7-13(17-9-10)12-4-2-3-11-5-6-16-14(11)12/h2-4,7,9,15H,5-6,8H2,1H3. The monoisotopic (exact) mass is 245 g/mol. The van der Waals surface area contributed by atoms with Crippen LogP contribution in [0.1, 0.15) is 11.1 Å². The van der Waals surface area contributed by atoms with Gasteiger partial charge in [0.05, 0.1) is 6.61 Å². The Kier molecular flexibility index (Phi) is 2.87. The van der Waals surface area contributed by atoms with Gasteiger partial charge in [-0.3, -0.25) is 0 Å². The highest BCUT2D eigenvalue weighted by atomic mass is 32.1. The highest BCUT2D eigenvalue weighted by Gasteiger charge is 2.17. The molecule has 0 radical (unpaired) electrons. The summed E-state index contributed by atoms with van der Waals surface area (Å²) >= 11 is 1.79. The Morgan fingerprint density at radius 1 is 1.41 bits per heavy atom. The Labute approximate surface area is 105 Å². The molecule has 1 aliphatic heterocycles. The molecule has 1 N–H and O–H groups in total. The fourth-order valence-corrected chi connectivity index (χ4v) is 3.16. The van der Waals surface area contributed by atoms with Crippen molar-refractivity contribution in [1.29, 1.82) is 0 Å². The second-order valence-corrected chi connectivity index (χ2v) is 5.15. The number of ether oxygens (including phenoxy) is 1. The Morgan fingerprint density at radius 2 is 2.35 bits per heavy atom. The summed E-state index contributed by atoms with van der Waals surface area (Å²) in [5.41, 5.74) is 3.92. The number of benzene rings is 1. The summed E-state index contributed by atoms with van der Waals surface area (Å²) < 4.78 is 5.74. The predicted molar refractivity (Wildman–Crippen MR) is 71.7 cm³/mol. The van der Waals surface area contributed by atoms with Crippen LogP contribution in [0.15, 0.2) is 29.6 Å². The molecule has 3 rings (SSSR count). The Morgan fingerprint density at radius 3 is 3.24 bits per heavy atom. The van der Waals surface area contributed by atoms with Gasteiger partial charge in [0.1, 0.15) is 5.75 Å². The number of nitrogens with one attached hydrogen (secondary N) is 1. The van der Waals surface area contributed by atoms with E-state index in [0.717, 1.165) is 25.3 Å². The Hall–Kier alpha value is -1.32. The van der Waals surface area contributed by atoms with Gasteiger partial charge in [-0.1, -0.05) is 12.1 Å². The van der Waals surface area contributed by atoms with Gasteiger partial charge in [-0.15, -0.1) is 11.3 Å². The van der Waals surface area contributed by atoms with Crippen LogP contribution in [-0.4, -0.2) is 13.7 Å². The maximum atomic E-state index is 5.74. The van der Waals surface area contributed by atoms with Crippen LogP contribution in [0.2, 0.25) is 0 Å². The normalized spacial score (nSPS) is 13.5. The molecule has 1 aromatic heterocycles. The summed E-state index contributed by atoms with van der Waals surface area (Å²) in [5, 5.41) is 5.39. The average Bonchev–Trinajstić information content (AvgIpc) is 2.96. The van der Waals surface area contributed by atoms with E-state index in [-0.39, 0.29) is 0 Å². The highest BCUT2D eigenvalue weighted by Crippen LogP contribution is 2.39. The number of rotatable bonds is 3. The van der Waals surface area contributed by atoms with Crippen LogP contribution in [0.3, 0.4) is 0 Å². The van der Waals surface area contributed by atoms with Crippen LogP contribution < -0.4 is 10.1 Å². The van der Waals surface area contributed by atoms with E-state index in [1.165, 1.54) is 21.6 Å². The molecule has 2 nitrogen and oxygen atoms in total. The van der Waals surface area contributed by atoms with Gasteiger partial charge in [-0.25, -0.2) is 0 Å². The van der Waals surface area contributed by atoms with Crippen molar-refractivity contribution in [3.8, 4) is 16.2 Å². The van der Waals surface area contributed by atoms with E-state index in [1.807, 2.05) is 7.05 Å². The van der Waals surface area contributed by atoms with Gasteiger partial charge < -0.3 is 10.1 Å². The van der Waals surface area contributed by atoms with E-state index < -0.39 is 0 Å². The predicted octanol–water partition coefficient (Wildman–Crippen LogP) is 3.07. The molecule has 0 spiro atoms. The molecule has 0 unspecified atom stereocenters. The zero-order chi connectivity index (χ0) is 11.7. The molecule has 1 aromatic carbocycles. The lowest BCUT2D eigenvalue weighted by atomic mass is 10.1. The molecule has 0 bridgehead atoms. The van der Waals surface area contributed by atoms with E-state index in [9.17, 15) is 0 Å². The lowest BCUT2D eigenvalue weighted by molar-refractivity contribution is 0.358. The number of hydrogen-bond acceptors (Lipinski definition) is 3. The molecule has 2 aromatic rings. The second kappa shape index (κ2) is 4.51. The van der Waals surface area contributed by atoms with Crippen molar-refractivity contribution in [3.63, 3.8) is 0 Å². The van der Waals surface area contributed by atoms with E-state index in [0.29, 0.717) is 0 Å². The summed E-state index contributed by atoms with van der Waals surface area (Å²) in [6, 6.07) is 8.69. The molecule has 3 heteroatoms. The SMILES string of the molecule is CNCc1csc(-c2cccc3c2OCC3)c1. The van der Waals surface area contributed by atoms with Gasteiger partial charge in [-0.2, -0.15) is 0 Å². The lowest BCUT2D eigenvalue weighted by Gasteiger charge is -2.05. The first-order valence-electron chi connectivity index (χ1n) is 5.85. The third kappa shape index (κ3) is 1.96. The van der Waals surface area contributed by atoms with Crippen LogP contribution in [0, 0.1) is 0 Å². The number of fused-ring (bicyclic) bond motifs is 1. The first kappa shape index (κ1) is 10.8. The van der Waals surface area contributed by atoms with E-state index in [4.69, 9.17) is 4.74 Å².